The highest BCUT2D eigenvalue weighted by atomic mass is 16.6. The van der Waals surface area contributed by atoms with E-state index in [9.17, 15) is 9.59 Å². The molecule has 0 spiro atoms. The van der Waals surface area contributed by atoms with Gasteiger partial charge in [0.15, 0.2) is 6.61 Å². The fourth-order valence-electron chi connectivity index (χ4n) is 1.91. The molecular weight excluding hydrogens is 268 g/mol. The van der Waals surface area contributed by atoms with Crippen molar-refractivity contribution in [2.45, 2.75) is 51.9 Å². The molecule has 0 fully saturated rings. The molecule has 0 bridgehead atoms. The van der Waals surface area contributed by atoms with Crippen LogP contribution < -0.4 is 4.74 Å². The van der Waals surface area contributed by atoms with Gasteiger partial charge in [0.1, 0.15) is 5.75 Å². The summed E-state index contributed by atoms with van der Waals surface area (Å²) in [5, 5.41) is 0. The molecule has 0 aromatic heterocycles. The predicted octanol–water partition coefficient (Wildman–Crippen LogP) is 3.89. The SMILES string of the molecule is CCCCCCCCC(=O)OCC(=O)Oc1ccccc1. The first-order valence-electron chi connectivity index (χ1n) is 7.63. The first-order valence-corrected chi connectivity index (χ1v) is 7.63. The molecule has 0 unspecified atom stereocenters. The largest absolute Gasteiger partial charge is 0.454 e. The van der Waals surface area contributed by atoms with Gasteiger partial charge >= 0.3 is 11.9 Å². The maximum Gasteiger partial charge on any atom is 0.349 e. The average molecular weight is 292 g/mol. The number of esters is 2. The Morgan fingerprint density at radius 1 is 0.905 bits per heavy atom. The van der Waals surface area contributed by atoms with Gasteiger partial charge in [0.25, 0.3) is 0 Å². The maximum absolute atomic E-state index is 11.5. The third kappa shape index (κ3) is 8.84. The van der Waals surface area contributed by atoms with Crippen molar-refractivity contribution < 1.29 is 19.1 Å². The topological polar surface area (TPSA) is 52.6 Å². The van der Waals surface area contributed by atoms with Crippen LogP contribution in [-0.2, 0) is 14.3 Å². The van der Waals surface area contributed by atoms with E-state index in [1.54, 1.807) is 24.3 Å². The predicted molar refractivity (Wildman–Crippen MR) is 81.0 cm³/mol. The van der Waals surface area contributed by atoms with E-state index in [-0.39, 0.29) is 12.6 Å². The van der Waals surface area contributed by atoms with Gasteiger partial charge in [-0.05, 0) is 18.6 Å². The molecule has 0 heterocycles. The standard InChI is InChI=1S/C17H24O4/c1-2-3-4-5-6-10-13-16(18)20-14-17(19)21-15-11-8-7-9-12-15/h7-9,11-12H,2-6,10,13-14H2,1H3. The minimum atomic E-state index is -0.558. The number of ether oxygens (including phenoxy) is 2. The number of para-hydroxylation sites is 1. The van der Waals surface area contributed by atoms with Crippen LogP contribution in [0.1, 0.15) is 51.9 Å². The smallest absolute Gasteiger partial charge is 0.349 e. The maximum atomic E-state index is 11.5. The summed E-state index contributed by atoms with van der Waals surface area (Å²) in [6.45, 7) is 1.84. The van der Waals surface area contributed by atoms with Crippen LogP contribution >= 0.6 is 0 Å². The third-order valence-electron chi connectivity index (χ3n) is 3.06. The van der Waals surface area contributed by atoms with E-state index in [4.69, 9.17) is 9.47 Å². The molecule has 0 aliphatic carbocycles. The van der Waals surface area contributed by atoms with Gasteiger partial charge in [0.05, 0.1) is 0 Å². The van der Waals surface area contributed by atoms with Crippen molar-refractivity contribution in [3.63, 3.8) is 0 Å². The van der Waals surface area contributed by atoms with Gasteiger partial charge in [-0.2, -0.15) is 0 Å². The van der Waals surface area contributed by atoms with Gasteiger partial charge in [-0.25, -0.2) is 4.79 Å². The normalized spacial score (nSPS) is 10.1. The van der Waals surface area contributed by atoms with Crippen LogP contribution in [0, 0.1) is 0 Å². The molecule has 1 aromatic rings. The van der Waals surface area contributed by atoms with Gasteiger partial charge in [-0.3, -0.25) is 4.79 Å². The Morgan fingerprint density at radius 3 is 2.29 bits per heavy atom. The van der Waals surface area contributed by atoms with Gasteiger partial charge in [0.2, 0.25) is 0 Å². The van der Waals surface area contributed by atoms with Crippen molar-refractivity contribution in [1.82, 2.24) is 0 Å². The number of unbranched alkanes of at least 4 members (excludes halogenated alkanes) is 5. The molecule has 0 radical (unpaired) electrons. The fourth-order valence-corrected chi connectivity index (χ4v) is 1.91. The van der Waals surface area contributed by atoms with E-state index in [0.717, 1.165) is 19.3 Å². The third-order valence-corrected chi connectivity index (χ3v) is 3.06. The minimum absolute atomic E-state index is 0.330. The van der Waals surface area contributed by atoms with Crippen LogP contribution in [0.2, 0.25) is 0 Å². The van der Waals surface area contributed by atoms with E-state index in [1.165, 1.54) is 19.3 Å². The van der Waals surface area contributed by atoms with Crippen molar-refractivity contribution in [3.8, 4) is 5.75 Å². The van der Waals surface area contributed by atoms with Gasteiger partial charge in [0, 0.05) is 6.42 Å². The molecule has 0 aliphatic rings. The summed E-state index contributed by atoms with van der Waals surface area (Å²) < 4.78 is 9.91. The zero-order valence-electron chi connectivity index (χ0n) is 12.7. The molecular formula is C17H24O4. The van der Waals surface area contributed by atoms with Crippen molar-refractivity contribution in [2.24, 2.45) is 0 Å². The second-order valence-electron chi connectivity index (χ2n) is 4.97. The summed E-state index contributed by atoms with van der Waals surface area (Å²) in [7, 11) is 0. The lowest BCUT2D eigenvalue weighted by molar-refractivity contribution is -0.153. The van der Waals surface area contributed by atoms with E-state index in [0.29, 0.717) is 12.2 Å². The summed E-state index contributed by atoms with van der Waals surface area (Å²) in [6.07, 6.45) is 7.04. The highest BCUT2D eigenvalue weighted by molar-refractivity contribution is 5.77. The number of hydrogen-bond acceptors (Lipinski definition) is 4. The van der Waals surface area contributed by atoms with Crippen molar-refractivity contribution >= 4 is 11.9 Å². The Morgan fingerprint density at radius 2 is 1.57 bits per heavy atom. The van der Waals surface area contributed by atoms with E-state index < -0.39 is 5.97 Å². The first kappa shape index (κ1) is 17.2. The lowest BCUT2D eigenvalue weighted by atomic mass is 10.1. The Kier molecular flexibility index (Phi) is 8.93. The van der Waals surface area contributed by atoms with Crippen molar-refractivity contribution in [1.29, 1.82) is 0 Å². The first-order chi connectivity index (χ1) is 10.2. The summed E-state index contributed by atoms with van der Waals surface area (Å²) in [4.78, 5) is 22.9. The van der Waals surface area contributed by atoms with Crippen LogP contribution in [0.4, 0.5) is 0 Å². The molecule has 0 saturated carbocycles. The van der Waals surface area contributed by atoms with E-state index in [2.05, 4.69) is 6.92 Å². The second-order valence-corrected chi connectivity index (χ2v) is 4.97. The Hall–Kier alpha value is -1.84. The molecule has 0 atom stereocenters. The van der Waals surface area contributed by atoms with Crippen LogP contribution in [0.15, 0.2) is 30.3 Å². The van der Waals surface area contributed by atoms with Crippen LogP contribution in [0.3, 0.4) is 0 Å². The monoisotopic (exact) mass is 292 g/mol. The van der Waals surface area contributed by atoms with E-state index in [1.807, 2.05) is 6.07 Å². The summed E-state index contributed by atoms with van der Waals surface area (Å²) in [5.41, 5.74) is 0. The molecule has 0 N–H and O–H groups in total. The average Bonchev–Trinajstić information content (AvgIpc) is 2.50. The fraction of sp³-hybridized carbons (Fsp3) is 0.529. The second kappa shape index (κ2) is 10.9. The number of carbonyl (C=O) groups is 2. The molecule has 4 heteroatoms. The van der Waals surface area contributed by atoms with Crippen LogP contribution in [0.25, 0.3) is 0 Å². The molecule has 4 nitrogen and oxygen atoms in total. The highest BCUT2D eigenvalue weighted by Gasteiger charge is 2.09. The van der Waals surface area contributed by atoms with Gasteiger partial charge < -0.3 is 9.47 Å². The van der Waals surface area contributed by atoms with E-state index >= 15 is 0 Å². The summed E-state index contributed by atoms with van der Waals surface area (Å²) in [6, 6.07) is 8.73. The lowest BCUT2D eigenvalue weighted by Gasteiger charge is -2.05. The highest BCUT2D eigenvalue weighted by Crippen LogP contribution is 2.09. The van der Waals surface area contributed by atoms with Crippen molar-refractivity contribution in [2.75, 3.05) is 6.61 Å². The molecule has 1 aromatic carbocycles. The van der Waals surface area contributed by atoms with Crippen molar-refractivity contribution in [3.05, 3.63) is 30.3 Å². The minimum Gasteiger partial charge on any atom is -0.454 e. The number of rotatable bonds is 10. The zero-order chi connectivity index (χ0) is 15.3. The summed E-state index contributed by atoms with van der Waals surface area (Å²) >= 11 is 0. The molecule has 0 aliphatic heterocycles. The molecule has 0 saturated heterocycles. The lowest BCUT2D eigenvalue weighted by Crippen LogP contribution is -2.18. The Balaban J connectivity index is 2.05. The van der Waals surface area contributed by atoms with Crippen LogP contribution in [-0.4, -0.2) is 18.5 Å². The van der Waals surface area contributed by atoms with Gasteiger partial charge in [-0.1, -0.05) is 57.2 Å². The summed E-state index contributed by atoms with van der Waals surface area (Å²) in [5.74, 6) is -0.442. The number of benzene rings is 1. The Bertz CT molecular complexity index is 414. The number of carbonyl (C=O) groups excluding carboxylic acids is 2. The zero-order valence-corrected chi connectivity index (χ0v) is 12.7. The number of hydrogen-bond donors (Lipinski definition) is 0. The molecule has 21 heavy (non-hydrogen) atoms. The van der Waals surface area contributed by atoms with Gasteiger partial charge in [-0.15, -0.1) is 0 Å². The van der Waals surface area contributed by atoms with Crippen LogP contribution in [0.5, 0.6) is 5.75 Å². The molecule has 116 valence electrons. The molecule has 0 amide bonds. The Labute approximate surface area is 126 Å². The molecule has 1 rings (SSSR count). The quantitative estimate of drug-likeness (QED) is 0.373.